The van der Waals surface area contributed by atoms with Crippen LogP contribution in [-0.2, 0) is 0 Å². The fourth-order valence-corrected chi connectivity index (χ4v) is 6.48. The number of fused-ring (bicyclic) bond motifs is 3. The number of nitrogens with zero attached hydrogens (tertiary/aromatic N) is 1. The van der Waals surface area contributed by atoms with Crippen molar-refractivity contribution in [2.24, 2.45) is 0 Å². The fourth-order valence-electron chi connectivity index (χ4n) is 6.48. The average molecular weight is 590 g/mol. The van der Waals surface area contributed by atoms with Crippen LogP contribution in [0.25, 0.3) is 33.1 Å². The number of anilines is 3. The van der Waals surface area contributed by atoms with Gasteiger partial charge in [-0.15, -0.1) is 0 Å². The molecule has 46 heavy (non-hydrogen) atoms. The van der Waals surface area contributed by atoms with Crippen molar-refractivity contribution in [3.8, 4) is 0 Å². The van der Waals surface area contributed by atoms with Crippen LogP contribution < -0.4 is 4.90 Å². The van der Waals surface area contributed by atoms with Gasteiger partial charge >= 0.3 is 0 Å². The smallest absolute Gasteiger partial charge is 0.159 e. The number of para-hydroxylation sites is 4. The molecule has 0 aliphatic rings. The molecule has 0 radical (unpaired) electrons. The lowest BCUT2D eigenvalue weighted by Gasteiger charge is -2.29. The molecule has 0 aliphatic carbocycles. The van der Waals surface area contributed by atoms with Crippen molar-refractivity contribution in [1.29, 1.82) is 0 Å². The Morgan fingerprint density at radius 3 is 1.50 bits per heavy atom. The monoisotopic (exact) mass is 589 g/mol. The van der Waals surface area contributed by atoms with Gasteiger partial charge in [0.2, 0.25) is 0 Å². The highest BCUT2D eigenvalue weighted by molar-refractivity contribution is 6.12. The van der Waals surface area contributed by atoms with Crippen molar-refractivity contribution < 1.29 is 4.42 Å². The molecule has 8 rings (SSSR count). The minimum atomic E-state index is 0.860. The molecule has 0 aliphatic heterocycles. The van der Waals surface area contributed by atoms with Crippen LogP contribution in [0, 0.1) is 0 Å². The van der Waals surface area contributed by atoms with Crippen LogP contribution in [0.4, 0.5) is 17.1 Å². The molecule has 0 bridgehead atoms. The number of furan rings is 1. The van der Waals surface area contributed by atoms with E-state index < -0.39 is 0 Å². The molecule has 0 saturated carbocycles. The van der Waals surface area contributed by atoms with Gasteiger partial charge < -0.3 is 9.32 Å². The summed E-state index contributed by atoms with van der Waals surface area (Å²) in [5, 5.41) is 2.21. The summed E-state index contributed by atoms with van der Waals surface area (Å²) in [4.78, 5) is 2.34. The third-order valence-electron chi connectivity index (χ3n) is 8.49. The van der Waals surface area contributed by atoms with E-state index in [1.54, 1.807) is 0 Å². The van der Waals surface area contributed by atoms with Crippen molar-refractivity contribution in [2.45, 2.75) is 0 Å². The van der Waals surface area contributed by atoms with Crippen LogP contribution in [0.15, 0.2) is 192 Å². The Morgan fingerprint density at radius 2 is 0.848 bits per heavy atom. The molecule has 218 valence electrons. The van der Waals surface area contributed by atoms with Gasteiger partial charge in [-0.2, -0.15) is 0 Å². The van der Waals surface area contributed by atoms with Gasteiger partial charge in [-0.3, -0.25) is 0 Å². The minimum absolute atomic E-state index is 0.860. The molecule has 0 N–H and O–H groups in total. The number of hydrogen-bond donors (Lipinski definition) is 0. The van der Waals surface area contributed by atoms with E-state index in [0.29, 0.717) is 0 Å². The second-order valence-corrected chi connectivity index (χ2v) is 11.3. The highest BCUT2D eigenvalue weighted by atomic mass is 16.3. The normalized spacial score (nSPS) is 11.0. The predicted molar refractivity (Wildman–Crippen MR) is 193 cm³/mol. The zero-order valence-corrected chi connectivity index (χ0v) is 25.3. The second kappa shape index (κ2) is 12.1. The average Bonchev–Trinajstić information content (AvgIpc) is 3.52. The molecule has 1 aromatic heterocycles. The maximum atomic E-state index is 6.62. The van der Waals surface area contributed by atoms with Gasteiger partial charge in [0.05, 0.1) is 11.4 Å². The molecule has 1 heterocycles. The Morgan fingerprint density at radius 1 is 0.370 bits per heavy atom. The first-order valence-electron chi connectivity index (χ1n) is 15.6. The standard InChI is InChI=1S/C44H31NO/c1-5-18-32(19-6-1)42(33-20-7-2-8-21-33)43(34-22-9-3-10-23-34)38-27-13-15-29-39(38)45(35-24-11-4-12-25-35)40-30-17-28-37-36-26-14-16-31-41(36)46-44(37)40/h1-31H. The highest BCUT2D eigenvalue weighted by Gasteiger charge is 2.25. The van der Waals surface area contributed by atoms with E-state index in [1.165, 1.54) is 5.57 Å². The summed E-state index contributed by atoms with van der Waals surface area (Å²) in [6.07, 6.45) is 0. The van der Waals surface area contributed by atoms with Crippen LogP contribution in [-0.4, -0.2) is 0 Å². The first kappa shape index (κ1) is 27.4. The van der Waals surface area contributed by atoms with E-state index in [-0.39, 0.29) is 0 Å². The van der Waals surface area contributed by atoms with E-state index in [9.17, 15) is 0 Å². The largest absolute Gasteiger partial charge is 0.454 e. The summed E-state index contributed by atoms with van der Waals surface area (Å²) in [6.45, 7) is 0. The molecule has 0 fully saturated rings. The molecule has 0 saturated heterocycles. The van der Waals surface area contributed by atoms with Crippen LogP contribution in [0.5, 0.6) is 0 Å². The SMILES string of the molecule is c1ccc(C(=C(c2ccccc2)c2ccccc2N(c2ccccc2)c2cccc3c2oc2ccccc23)c2ccccc2)cc1. The van der Waals surface area contributed by atoms with E-state index in [0.717, 1.165) is 66.8 Å². The summed E-state index contributed by atoms with van der Waals surface area (Å²) in [6, 6.07) is 66.2. The summed E-state index contributed by atoms with van der Waals surface area (Å²) in [7, 11) is 0. The van der Waals surface area contributed by atoms with Crippen LogP contribution in [0.2, 0.25) is 0 Å². The van der Waals surface area contributed by atoms with Crippen molar-refractivity contribution >= 4 is 50.1 Å². The molecule has 0 spiro atoms. The predicted octanol–water partition coefficient (Wildman–Crippen LogP) is 12.1. The lowest BCUT2D eigenvalue weighted by Crippen LogP contribution is -2.13. The molecule has 0 amide bonds. The summed E-state index contributed by atoms with van der Waals surface area (Å²) >= 11 is 0. The topological polar surface area (TPSA) is 16.4 Å². The Kier molecular flexibility index (Phi) is 7.22. The van der Waals surface area contributed by atoms with E-state index in [2.05, 4.69) is 181 Å². The van der Waals surface area contributed by atoms with Gasteiger partial charge in [-0.25, -0.2) is 0 Å². The van der Waals surface area contributed by atoms with Gasteiger partial charge in [-0.05, 0) is 58.2 Å². The number of benzene rings is 7. The van der Waals surface area contributed by atoms with Crippen molar-refractivity contribution in [1.82, 2.24) is 0 Å². The van der Waals surface area contributed by atoms with Gasteiger partial charge in [0.1, 0.15) is 5.58 Å². The van der Waals surface area contributed by atoms with Crippen molar-refractivity contribution in [3.05, 3.63) is 210 Å². The summed E-state index contributed by atoms with van der Waals surface area (Å²) in [5.41, 5.74) is 11.8. The lowest BCUT2D eigenvalue weighted by atomic mass is 9.85. The molecule has 0 unspecified atom stereocenters. The molecular weight excluding hydrogens is 558 g/mol. The van der Waals surface area contributed by atoms with Crippen LogP contribution in [0.3, 0.4) is 0 Å². The van der Waals surface area contributed by atoms with Crippen molar-refractivity contribution in [2.75, 3.05) is 4.90 Å². The van der Waals surface area contributed by atoms with Gasteiger partial charge in [-0.1, -0.05) is 158 Å². The summed E-state index contributed by atoms with van der Waals surface area (Å²) < 4.78 is 6.62. The zero-order chi connectivity index (χ0) is 30.7. The second-order valence-electron chi connectivity index (χ2n) is 11.3. The van der Waals surface area contributed by atoms with E-state index in [4.69, 9.17) is 4.42 Å². The van der Waals surface area contributed by atoms with Gasteiger partial charge in [0.15, 0.2) is 5.58 Å². The third kappa shape index (κ3) is 4.96. The molecule has 7 aromatic carbocycles. The Bertz CT molecular complexity index is 2240. The highest BCUT2D eigenvalue weighted by Crippen LogP contribution is 2.47. The third-order valence-corrected chi connectivity index (χ3v) is 8.49. The van der Waals surface area contributed by atoms with Crippen LogP contribution in [0.1, 0.15) is 22.3 Å². The van der Waals surface area contributed by atoms with E-state index >= 15 is 0 Å². The molecule has 2 heteroatoms. The number of hydrogen-bond acceptors (Lipinski definition) is 2. The van der Waals surface area contributed by atoms with E-state index in [1.807, 2.05) is 12.1 Å². The van der Waals surface area contributed by atoms with Crippen LogP contribution >= 0.6 is 0 Å². The maximum absolute atomic E-state index is 6.62. The fraction of sp³-hybridized carbons (Fsp3) is 0. The number of rotatable bonds is 7. The van der Waals surface area contributed by atoms with Crippen molar-refractivity contribution in [3.63, 3.8) is 0 Å². The maximum Gasteiger partial charge on any atom is 0.159 e. The molecule has 8 aromatic rings. The molecule has 2 nitrogen and oxygen atoms in total. The minimum Gasteiger partial charge on any atom is -0.454 e. The zero-order valence-electron chi connectivity index (χ0n) is 25.3. The quantitative estimate of drug-likeness (QED) is 0.172. The Balaban J connectivity index is 1.48. The Hall–Kier alpha value is -6.12. The Labute approximate surface area is 269 Å². The molecule has 0 atom stereocenters. The van der Waals surface area contributed by atoms with Gasteiger partial charge in [0.25, 0.3) is 0 Å². The first-order chi connectivity index (χ1) is 22.9. The van der Waals surface area contributed by atoms with Gasteiger partial charge in [0, 0.05) is 22.0 Å². The summed E-state index contributed by atoms with van der Waals surface area (Å²) in [5.74, 6) is 0. The molecular formula is C44H31NO. The first-order valence-corrected chi connectivity index (χ1v) is 15.6. The lowest BCUT2D eigenvalue weighted by molar-refractivity contribution is 0.669.